The molecule has 1 nitrogen and oxygen atoms in total. The van der Waals surface area contributed by atoms with E-state index in [1.54, 1.807) is 0 Å². The molecular weight excluding hydrogens is 262 g/mol. The molecule has 0 saturated heterocycles. The third kappa shape index (κ3) is 1.93. The Morgan fingerprint density at radius 3 is 2.60 bits per heavy atom. The number of nitrogens with zero attached hydrogens (tertiary/aromatic N) is 1. The maximum Gasteiger partial charge on any atom is 0.0680 e. The first-order chi connectivity index (χ1) is 9.79. The molecule has 3 aromatic rings. The van der Waals surface area contributed by atoms with Crippen molar-refractivity contribution in [2.24, 2.45) is 4.99 Å². The Morgan fingerprint density at radius 2 is 1.70 bits per heavy atom. The number of aliphatic imine (C=N–C) groups is 1. The zero-order chi connectivity index (χ0) is 13.5. The SMILES string of the molecule is Sc1ccc2c(c1)N=C(c1ccc3ccccc3c1)C2. The quantitative estimate of drug-likeness (QED) is 0.612. The van der Waals surface area contributed by atoms with Gasteiger partial charge in [-0.25, -0.2) is 0 Å². The second-order valence-corrected chi connectivity index (χ2v) is 5.63. The van der Waals surface area contributed by atoms with Gasteiger partial charge in [0.2, 0.25) is 0 Å². The van der Waals surface area contributed by atoms with Crippen LogP contribution in [0.15, 0.2) is 70.6 Å². The molecule has 1 heterocycles. The Hall–Kier alpha value is -2.06. The number of rotatable bonds is 1. The number of thiol groups is 1. The molecular formula is C18H13NS. The maximum absolute atomic E-state index is 4.76. The zero-order valence-corrected chi connectivity index (χ0v) is 11.8. The summed E-state index contributed by atoms with van der Waals surface area (Å²) in [6.07, 6.45) is 0.904. The van der Waals surface area contributed by atoms with E-state index in [2.05, 4.69) is 61.2 Å². The Balaban J connectivity index is 1.79. The monoisotopic (exact) mass is 275 g/mol. The summed E-state index contributed by atoms with van der Waals surface area (Å²) in [6, 6.07) is 21.2. The topological polar surface area (TPSA) is 12.4 Å². The molecule has 0 spiro atoms. The molecule has 2 heteroatoms. The fourth-order valence-corrected chi connectivity index (χ4v) is 2.90. The summed E-state index contributed by atoms with van der Waals surface area (Å²) < 4.78 is 0. The number of fused-ring (bicyclic) bond motifs is 2. The number of hydrogen-bond acceptors (Lipinski definition) is 2. The van der Waals surface area contributed by atoms with Crippen molar-refractivity contribution in [3.8, 4) is 0 Å². The van der Waals surface area contributed by atoms with Crippen LogP contribution in [-0.4, -0.2) is 5.71 Å². The Bertz CT molecular complexity index is 849. The van der Waals surface area contributed by atoms with Crippen molar-refractivity contribution in [2.45, 2.75) is 11.3 Å². The van der Waals surface area contributed by atoms with Gasteiger partial charge in [-0.1, -0.05) is 42.5 Å². The molecule has 3 aromatic carbocycles. The van der Waals surface area contributed by atoms with Crippen molar-refractivity contribution in [2.75, 3.05) is 0 Å². The molecule has 0 atom stereocenters. The molecule has 0 aliphatic carbocycles. The highest BCUT2D eigenvalue weighted by molar-refractivity contribution is 7.80. The van der Waals surface area contributed by atoms with Crippen molar-refractivity contribution >= 4 is 34.8 Å². The Labute approximate surface area is 123 Å². The van der Waals surface area contributed by atoms with Crippen LogP contribution in [0.25, 0.3) is 10.8 Å². The highest BCUT2D eigenvalue weighted by Crippen LogP contribution is 2.31. The first-order valence-electron chi connectivity index (χ1n) is 6.68. The van der Waals surface area contributed by atoms with E-state index in [-0.39, 0.29) is 0 Å². The van der Waals surface area contributed by atoms with E-state index in [0.717, 1.165) is 22.7 Å². The van der Waals surface area contributed by atoms with Crippen LogP contribution < -0.4 is 0 Å². The van der Waals surface area contributed by atoms with Crippen molar-refractivity contribution in [3.63, 3.8) is 0 Å². The second kappa shape index (κ2) is 4.50. The van der Waals surface area contributed by atoms with Gasteiger partial charge in [-0.3, -0.25) is 4.99 Å². The van der Waals surface area contributed by atoms with Gasteiger partial charge in [-0.15, -0.1) is 12.6 Å². The minimum Gasteiger partial charge on any atom is -0.252 e. The summed E-state index contributed by atoms with van der Waals surface area (Å²) in [5.41, 5.74) is 4.69. The molecule has 0 radical (unpaired) electrons. The standard InChI is InChI=1S/C18H13NS/c20-16-8-7-15-10-17(19-18(15)11-16)14-6-5-12-3-1-2-4-13(12)9-14/h1-9,11,20H,10H2. The van der Waals surface area contributed by atoms with Crippen LogP contribution >= 0.6 is 12.6 Å². The summed E-state index contributed by atoms with van der Waals surface area (Å²) in [6.45, 7) is 0. The van der Waals surface area contributed by atoms with Gasteiger partial charge in [0.05, 0.1) is 11.4 Å². The molecule has 20 heavy (non-hydrogen) atoms. The van der Waals surface area contributed by atoms with Gasteiger partial charge < -0.3 is 0 Å². The molecule has 0 bridgehead atoms. The molecule has 0 aromatic heterocycles. The van der Waals surface area contributed by atoms with E-state index < -0.39 is 0 Å². The summed E-state index contributed by atoms with van der Waals surface area (Å²) in [5, 5.41) is 2.53. The van der Waals surface area contributed by atoms with Gasteiger partial charge in [0.25, 0.3) is 0 Å². The molecule has 0 N–H and O–H groups in total. The van der Waals surface area contributed by atoms with Crippen molar-refractivity contribution < 1.29 is 0 Å². The third-order valence-electron chi connectivity index (χ3n) is 3.76. The average molecular weight is 275 g/mol. The summed E-state index contributed by atoms with van der Waals surface area (Å²) in [5.74, 6) is 0. The lowest BCUT2D eigenvalue weighted by Crippen LogP contribution is -1.99. The lowest BCUT2D eigenvalue weighted by Gasteiger charge is -2.03. The molecule has 4 rings (SSSR count). The van der Waals surface area contributed by atoms with Gasteiger partial charge >= 0.3 is 0 Å². The van der Waals surface area contributed by atoms with Crippen LogP contribution in [0.3, 0.4) is 0 Å². The minimum absolute atomic E-state index is 0.904. The first kappa shape index (κ1) is 11.7. The van der Waals surface area contributed by atoms with E-state index in [1.807, 2.05) is 12.1 Å². The van der Waals surface area contributed by atoms with Crippen LogP contribution in [0.4, 0.5) is 5.69 Å². The minimum atomic E-state index is 0.904. The normalized spacial score (nSPS) is 13.3. The van der Waals surface area contributed by atoms with Crippen LogP contribution in [0.5, 0.6) is 0 Å². The summed E-state index contributed by atoms with van der Waals surface area (Å²) >= 11 is 4.38. The number of benzene rings is 3. The fraction of sp³-hybridized carbons (Fsp3) is 0.0556. The number of hydrogen-bond donors (Lipinski definition) is 1. The largest absolute Gasteiger partial charge is 0.252 e. The van der Waals surface area contributed by atoms with E-state index in [4.69, 9.17) is 4.99 Å². The summed E-state index contributed by atoms with van der Waals surface area (Å²) in [4.78, 5) is 5.72. The Morgan fingerprint density at radius 1 is 0.850 bits per heavy atom. The van der Waals surface area contributed by atoms with E-state index >= 15 is 0 Å². The molecule has 0 saturated carbocycles. The second-order valence-electron chi connectivity index (χ2n) is 5.11. The fourth-order valence-electron chi connectivity index (χ4n) is 2.71. The van der Waals surface area contributed by atoms with Gasteiger partial charge in [-0.2, -0.15) is 0 Å². The predicted molar refractivity (Wildman–Crippen MR) is 87.5 cm³/mol. The van der Waals surface area contributed by atoms with Crippen molar-refractivity contribution in [3.05, 3.63) is 71.8 Å². The Kier molecular flexibility index (Phi) is 2.64. The predicted octanol–water partition coefficient (Wildman–Crippen LogP) is 4.81. The summed E-state index contributed by atoms with van der Waals surface area (Å²) in [7, 11) is 0. The lowest BCUT2D eigenvalue weighted by atomic mass is 10.0. The van der Waals surface area contributed by atoms with Gasteiger partial charge in [0, 0.05) is 11.3 Å². The van der Waals surface area contributed by atoms with E-state index in [0.29, 0.717) is 0 Å². The van der Waals surface area contributed by atoms with Crippen LogP contribution in [0, 0.1) is 0 Å². The molecule has 0 amide bonds. The van der Waals surface area contributed by atoms with Crippen molar-refractivity contribution in [1.82, 2.24) is 0 Å². The van der Waals surface area contributed by atoms with Crippen LogP contribution in [0.2, 0.25) is 0 Å². The highest BCUT2D eigenvalue weighted by Gasteiger charge is 2.16. The zero-order valence-electron chi connectivity index (χ0n) is 10.9. The molecule has 0 fully saturated rings. The third-order valence-corrected chi connectivity index (χ3v) is 4.04. The maximum atomic E-state index is 4.76. The molecule has 1 aliphatic heterocycles. The van der Waals surface area contributed by atoms with Gasteiger partial charge in [-0.05, 0) is 40.1 Å². The molecule has 1 aliphatic rings. The molecule has 96 valence electrons. The van der Waals surface area contributed by atoms with Crippen LogP contribution in [0.1, 0.15) is 11.1 Å². The van der Waals surface area contributed by atoms with Gasteiger partial charge in [0.15, 0.2) is 0 Å². The average Bonchev–Trinajstić information content (AvgIpc) is 2.89. The van der Waals surface area contributed by atoms with Gasteiger partial charge in [0.1, 0.15) is 0 Å². The molecule has 0 unspecified atom stereocenters. The van der Waals surface area contributed by atoms with Crippen molar-refractivity contribution in [1.29, 1.82) is 0 Å². The smallest absolute Gasteiger partial charge is 0.0680 e. The highest BCUT2D eigenvalue weighted by atomic mass is 32.1. The first-order valence-corrected chi connectivity index (χ1v) is 7.13. The van der Waals surface area contributed by atoms with E-state index in [9.17, 15) is 0 Å². The lowest BCUT2D eigenvalue weighted by molar-refractivity contribution is 1.34. The van der Waals surface area contributed by atoms with Crippen LogP contribution in [-0.2, 0) is 6.42 Å². The van der Waals surface area contributed by atoms with E-state index in [1.165, 1.54) is 21.9 Å².